The lowest BCUT2D eigenvalue weighted by molar-refractivity contribution is -0.138. The maximum Gasteiger partial charge on any atom is 0.311 e. The molecule has 1 N–H and O–H groups in total. The first-order chi connectivity index (χ1) is 9.47. The van der Waals surface area contributed by atoms with Crippen LogP contribution in [0.4, 0.5) is 4.39 Å². The Morgan fingerprint density at radius 3 is 2.65 bits per heavy atom. The predicted octanol–water partition coefficient (Wildman–Crippen LogP) is 4.31. The van der Waals surface area contributed by atoms with Gasteiger partial charge in [-0.05, 0) is 54.3 Å². The zero-order valence-corrected chi connectivity index (χ0v) is 12.5. The molecule has 0 aliphatic heterocycles. The first-order valence-electron chi connectivity index (χ1n) is 6.20. The van der Waals surface area contributed by atoms with Gasteiger partial charge in [-0.2, -0.15) is 0 Å². The van der Waals surface area contributed by atoms with Crippen LogP contribution >= 0.6 is 15.9 Å². The Labute approximate surface area is 125 Å². The van der Waals surface area contributed by atoms with Crippen molar-refractivity contribution in [1.82, 2.24) is 0 Å². The standard InChI is InChI=1S/C16H14BrFO2/c1-10-7-14(18)6-5-11(10)9-15(16(19)20)12-3-2-4-13(17)8-12/h2-8,15H,9H2,1H3,(H,19,20). The largest absolute Gasteiger partial charge is 0.481 e. The summed E-state index contributed by atoms with van der Waals surface area (Å²) in [5.74, 6) is -1.83. The summed E-state index contributed by atoms with van der Waals surface area (Å²) in [5.41, 5.74) is 2.35. The molecule has 0 spiro atoms. The third-order valence-corrected chi connectivity index (χ3v) is 3.77. The molecule has 0 heterocycles. The molecule has 0 saturated heterocycles. The number of rotatable bonds is 4. The normalized spacial score (nSPS) is 12.2. The van der Waals surface area contributed by atoms with Gasteiger partial charge in [0, 0.05) is 4.47 Å². The van der Waals surface area contributed by atoms with Gasteiger partial charge in [-0.15, -0.1) is 0 Å². The van der Waals surface area contributed by atoms with Crippen LogP contribution in [-0.2, 0) is 11.2 Å². The monoisotopic (exact) mass is 336 g/mol. The van der Waals surface area contributed by atoms with E-state index in [4.69, 9.17) is 0 Å². The summed E-state index contributed by atoms with van der Waals surface area (Å²) in [7, 11) is 0. The zero-order valence-electron chi connectivity index (χ0n) is 10.9. The topological polar surface area (TPSA) is 37.3 Å². The highest BCUT2D eigenvalue weighted by molar-refractivity contribution is 9.10. The molecular formula is C16H14BrFO2. The van der Waals surface area contributed by atoms with Gasteiger partial charge in [0.2, 0.25) is 0 Å². The van der Waals surface area contributed by atoms with Crippen LogP contribution in [0.5, 0.6) is 0 Å². The maximum absolute atomic E-state index is 13.1. The Morgan fingerprint density at radius 1 is 1.30 bits per heavy atom. The third-order valence-electron chi connectivity index (χ3n) is 3.28. The van der Waals surface area contributed by atoms with Gasteiger partial charge in [-0.25, -0.2) is 4.39 Å². The van der Waals surface area contributed by atoms with Gasteiger partial charge in [0.25, 0.3) is 0 Å². The van der Waals surface area contributed by atoms with Crippen LogP contribution in [0.25, 0.3) is 0 Å². The summed E-state index contributed by atoms with van der Waals surface area (Å²) >= 11 is 3.35. The lowest BCUT2D eigenvalue weighted by atomic mass is 9.90. The Balaban J connectivity index is 2.33. The highest BCUT2D eigenvalue weighted by Gasteiger charge is 2.21. The predicted molar refractivity (Wildman–Crippen MR) is 79.4 cm³/mol. The second kappa shape index (κ2) is 6.18. The van der Waals surface area contributed by atoms with E-state index in [1.54, 1.807) is 25.1 Å². The highest BCUT2D eigenvalue weighted by atomic mass is 79.9. The summed E-state index contributed by atoms with van der Waals surface area (Å²) in [6.45, 7) is 1.79. The van der Waals surface area contributed by atoms with Crippen molar-refractivity contribution in [3.63, 3.8) is 0 Å². The van der Waals surface area contributed by atoms with Gasteiger partial charge in [-0.1, -0.05) is 34.1 Å². The Bertz CT molecular complexity index is 640. The molecule has 0 aliphatic carbocycles. The van der Waals surface area contributed by atoms with Crippen molar-refractivity contribution < 1.29 is 14.3 Å². The molecule has 104 valence electrons. The lowest BCUT2D eigenvalue weighted by Crippen LogP contribution is -2.15. The minimum Gasteiger partial charge on any atom is -0.481 e. The van der Waals surface area contributed by atoms with Crippen LogP contribution < -0.4 is 0 Å². The second-order valence-electron chi connectivity index (χ2n) is 4.72. The molecule has 20 heavy (non-hydrogen) atoms. The van der Waals surface area contributed by atoms with Crippen molar-refractivity contribution >= 4 is 21.9 Å². The summed E-state index contributed by atoms with van der Waals surface area (Å²) in [4.78, 5) is 11.5. The van der Waals surface area contributed by atoms with Gasteiger partial charge >= 0.3 is 5.97 Å². The van der Waals surface area contributed by atoms with Crippen molar-refractivity contribution in [3.05, 3.63) is 69.4 Å². The highest BCUT2D eigenvalue weighted by Crippen LogP contribution is 2.25. The van der Waals surface area contributed by atoms with Crippen molar-refractivity contribution in [3.8, 4) is 0 Å². The smallest absolute Gasteiger partial charge is 0.311 e. The molecule has 0 aliphatic rings. The first kappa shape index (κ1) is 14.7. The quantitative estimate of drug-likeness (QED) is 0.903. The number of halogens is 2. The van der Waals surface area contributed by atoms with E-state index in [-0.39, 0.29) is 5.82 Å². The summed E-state index contributed by atoms with van der Waals surface area (Å²) in [6, 6.07) is 11.7. The number of aliphatic carboxylic acids is 1. The van der Waals surface area contributed by atoms with Crippen LogP contribution in [0.15, 0.2) is 46.9 Å². The molecule has 2 rings (SSSR count). The molecule has 0 radical (unpaired) electrons. The van der Waals surface area contributed by atoms with Crippen molar-refractivity contribution in [1.29, 1.82) is 0 Å². The van der Waals surface area contributed by atoms with Crippen molar-refractivity contribution in [2.24, 2.45) is 0 Å². The van der Waals surface area contributed by atoms with Crippen LogP contribution in [0.3, 0.4) is 0 Å². The molecule has 4 heteroatoms. The van der Waals surface area contributed by atoms with E-state index in [1.807, 2.05) is 12.1 Å². The van der Waals surface area contributed by atoms with Gasteiger partial charge in [-0.3, -0.25) is 4.79 Å². The number of carboxylic acids is 1. The third kappa shape index (κ3) is 3.45. The van der Waals surface area contributed by atoms with E-state index in [0.29, 0.717) is 6.42 Å². The fraction of sp³-hybridized carbons (Fsp3) is 0.188. The molecule has 1 unspecified atom stereocenters. The zero-order chi connectivity index (χ0) is 14.7. The van der Waals surface area contributed by atoms with E-state index >= 15 is 0 Å². The average Bonchev–Trinajstić information content (AvgIpc) is 2.37. The Hall–Kier alpha value is -1.68. The van der Waals surface area contributed by atoms with E-state index in [1.165, 1.54) is 12.1 Å². The minimum atomic E-state index is -0.883. The fourth-order valence-electron chi connectivity index (χ4n) is 2.18. The number of hydrogen-bond donors (Lipinski definition) is 1. The molecule has 0 amide bonds. The molecule has 2 aromatic rings. The van der Waals surface area contributed by atoms with Crippen LogP contribution in [0.1, 0.15) is 22.6 Å². The van der Waals surface area contributed by atoms with Gasteiger partial charge in [0.15, 0.2) is 0 Å². The fourth-order valence-corrected chi connectivity index (χ4v) is 2.60. The van der Waals surface area contributed by atoms with Gasteiger partial charge in [0.1, 0.15) is 5.82 Å². The van der Waals surface area contributed by atoms with Crippen molar-refractivity contribution in [2.45, 2.75) is 19.3 Å². The molecule has 0 bridgehead atoms. The van der Waals surface area contributed by atoms with Crippen LogP contribution in [0.2, 0.25) is 0 Å². The lowest BCUT2D eigenvalue weighted by Gasteiger charge is -2.15. The van der Waals surface area contributed by atoms with E-state index in [9.17, 15) is 14.3 Å². The molecule has 0 aromatic heterocycles. The first-order valence-corrected chi connectivity index (χ1v) is 7.00. The van der Waals surface area contributed by atoms with E-state index < -0.39 is 11.9 Å². The Morgan fingerprint density at radius 2 is 2.05 bits per heavy atom. The molecule has 0 fully saturated rings. The number of carboxylic acid groups (broad SMARTS) is 1. The summed E-state index contributed by atoms with van der Waals surface area (Å²) in [6.07, 6.45) is 0.345. The summed E-state index contributed by atoms with van der Waals surface area (Å²) < 4.78 is 13.9. The Kier molecular flexibility index (Phi) is 4.55. The van der Waals surface area contributed by atoms with Gasteiger partial charge < -0.3 is 5.11 Å². The minimum absolute atomic E-state index is 0.305. The molecule has 0 saturated carbocycles. The number of benzene rings is 2. The second-order valence-corrected chi connectivity index (χ2v) is 5.64. The summed E-state index contributed by atoms with van der Waals surface area (Å²) in [5, 5.41) is 9.43. The van der Waals surface area contributed by atoms with Crippen LogP contribution in [0, 0.1) is 12.7 Å². The van der Waals surface area contributed by atoms with Crippen molar-refractivity contribution in [2.75, 3.05) is 0 Å². The average molecular weight is 337 g/mol. The van der Waals surface area contributed by atoms with Gasteiger partial charge in [0.05, 0.1) is 5.92 Å². The molecular weight excluding hydrogens is 323 g/mol. The molecule has 2 aromatic carbocycles. The number of hydrogen-bond acceptors (Lipinski definition) is 1. The van der Waals surface area contributed by atoms with Crippen LogP contribution in [-0.4, -0.2) is 11.1 Å². The SMILES string of the molecule is Cc1cc(F)ccc1CC(C(=O)O)c1cccc(Br)c1. The molecule has 1 atom stereocenters. The van der Waals surface area contributed by atoms with E-state index in [2.05, 4.69) is 15.9 Å². The maximum atomic E-state index is 13.1. The number of carbonyl (C=O) groups is 1. The molecule has 2 nitrogen and oxygen atoms in total. The number of aryl methyl sites for hydroxylation is 1. The van der Waals surface area contributed by atoms with E-state index in [0.717, 1.165) is 21.2 Å².